The van der Waals surface area contributed by atoms with Gasteiger partial charge in [0.2, 0.25) is 0 Å². The minimum atomic E-state index is -4.07. The smallest absolute Gasteiger partial charge is 0.273 e. The van der Waals surface area contributed by atoms with Crippen LogP contribution in [0, 0.1) is 5.82 Å². The van der Waals surface area contributed by atoms with Gasteiger partial charge in [-0.25, -0.2) is 17.9 Å². The second-order valence-corrected chi connectivity index (χ2v) is 5.31. The molecule has 2 heterocycles. The lowest BCUT2D eigenvalue weighted by atomic mass is 10.2. The van der Waals surface area contributed by atoms with E-state index in [0.717, 1.165) is 6.20 Å². The van der Waals surface area contributed by atoms with E-state index in [9.17, 15) is 12.8 Å². The lowest BCUT2D eigenvalue weighted by Gasteiger charge is -2.08. The Morgan fingerprint density at radius 1 is 1.45 bits per heavy atom. The molecule has 0 unspecified atom stereocenters. The molecule has 0 aromatic carbocycles. The first kappa shape index (κ1) is 14.5. The lowest BCUT2D eigenvalue weighted by Crippen LogP contribution is -2.20. The normalized spacial score (nSPS) is 11.8. The summed E-state index contributed by atoms with van der Waals surface area (Å²) in [6.45, 7) is 0.312. The van der Waals surface area contributed by atoms with Crippen molar-refractivity contribution in [2.24, 2.45) is 5.14 Å². The quantitative estimate of drug-likeness (QED) is 0.816. The van der Waals surface area contributed by atoms with Crippen molar-refractivity contribution in [3.8, 4) is 11.4 Å². The fourth-order valence-corrected chi connectivity index (χ4v) is 2.28. The number of pyridine rings is 1. The summed E-state index contributed by atoms with van der Waals surface area (Å²) < 4.78 is 42.7. The third-order valence-electron chi connectivity index (χ3n) is 2.50. The Labute approximate surface area is 114 Å². The van der Waals surface area contributed by atoms with Gasteiger partial charge in [0.05, 0.1) is 24.9 Å². The molecule has 0 saturated carbocycles. The molecule has 0 saturated heterocycles. The standard InChI is InChI=1S/C10H12FN5O3S/c1-19-5-4-16-9(7-2-3-13-6-8(7)11)14-15-10(16)20(12,17)18/h2-3,6H,4-5H2,1H3,(H2,12,17,18). The zero-order chi connectivity index (χ0) is 14.8. The molecule has 0 aliphatic rings. The number of halogens is 1. The maximum absolute atomic E-state index is 13.7. The van der Waals surface area contributed by atoms with E-state index in [2.05, 4.69) is 15.2 Å². The Hall–Kier alpha value is -1.91. The van der Waals surface area contributed by atoms with Gasteiger partial charge in [-0.05, 0) is 6.07 Å². The van der Waals surface area contributed by atoms with E-state index >= 15 is 0 Å². The molecule has 2 aromatic heterocycles. The number of hydrogen-bond acceptors (Lipinski definition) is 6. The van der Waals surface area contributed by atoms with Crippen LogP contribution in [0.1, 0.15) is 0 Å². The fourth-order valence-electron chi connectivity index (χ4n) is 1.64. The topological polar surface area (TPSA) is 113 Å². The number of rotatable bonds is 5. The molecule has 108 valence electrons. The molecule has 0 aliphatic heterocycles. The summed E-state index contributed by atoms with van der Waals surface area (Å²) in [4.78, 5) is 3.62. The van der Waals surface area contributed by atoms with Crippen LogP contribution in [0.25, 0.3) is 11.4 Å². The van der Waals surface area contributed by atoms with Gasteiger partial charge in [-0.2, -0.15) is 0 Å². The number of methoxy groups -OCH3 is 1. The average Bonchev–Trinajstić information content (AvgIpc) is 2.80. The molecule has 0 amide bonds. The molecule has 0 bridgehead atoms. The summed E-state index contributed by atoms with van der Waals surface area (Å²) >= 11 is 0. The van der Waals surface area contributed by atoms with Crippen molar-refractivity contribution in [3.63, 3.8) is 0 Å². The zero-order valence-corrected chi connectivity index (χ0v) is 11.3. The molecule has 2 rings (SSSR count). The van der Waals surface area contributed by atoms with Crippen LogP contribution in [-0.2, 0) is 21.3 Å². The highest BCUT2D eigenvalue weighted by Crippen LogP contribution is 2.22. The Morgan fingerprint density at radius 2 is 2.20 bits per heavy atom. The van der Waals surface area contributed by atoms with Gasteiger partial charge in [0, 0.05) is 13.3 Å². The van der Waals surface area contributed by atoms with E-state index in [1.165, 1.54) is 23.9 Å². The monoisotopic (exact) mass is 301 g/mol. The van der Waals surface area contributed by atoms with Crippen molar-refractivity contribution in [1.82, 2.24) is 19.7 Å². The van der Waals surface area contributed by atoms with Gasteiger partial charge in [-0.1, -0.05) is 0 Å². The van der Waals surface area contributed by atoms with Crippen molar-refractivity contribution < 1.29 is 17.5 Å². The fraction of sp³-hybridized carbons (Fsp3) is 0.300. The van der Waals surface area contributed by atoms with Crippen molar-refractivity contribution in [2.75, 3.05) is 13.7 Å². The summed E-state index contributed by atoms with van der Waals surface area (Å²) in [6.07, 6.45) is 2.37. The van der Waals surface area contributed by atoms with Crippen LogP contribution < -0.4 is 5.14 Å². The van der Waals surface area contributed by atoms with Crippen molar-refractivity contribution >= 4 is 10.0 Å². The first-order valence-corrected chi connectivity index (χ1v) is 7.04. The molecule has 10 heteroatoms. The molecule has 0 atom stereocenters. The Kier molecular flexibility index (Phi) is 4.06. The van der Waals surface area contributed by atoms with Crippen LogP contribution in [0.2, 0.25) is 0 Å². The Morgan fingerprint density at radius 3 is 2.80 bits per heavy atom. The molecule has 0 fully saturated rings. The average molecular weight is 301 g/mol. The highest BCUT2D eigenvalue weighted by molar-refractivity contribution is 7.89. The van der Waals surface area contributed by atoms with Gasteiger partial charge < -0.3 is 4.74 Å². The van der Waals surface area contributed by atoms with E-state index in [1.807, 2.05) is 0 Å². The largest absolute Gasteiger partial charge is 0.383 e. The van der Waals surface area contributed by atoms with Crippen LogP contribution in [-0.4, -0.2) is 41.9 Å². The lowest BCUT2D eigenvalue weighted by molar-refractivity contribution is 0.185. The third kappa shape index (κ3) is 2.81. The van der Waals surface area contributed by atoms with Crippen molar-refractivity contribution in [3.05, 3.63) is 24.3 Å². The first-order valence-electron chi connectivity index (χ1n) is 5.50. The summed E-state index contributed by atoms with van der Waals surface area (Å²) in [7, 11) is -2.62. The SMILES string of the molecule is COCCn1c(-c2ccncc2F)nnc1S(N)(=O)=O. The van der Waals surface area contributed by atoms with E-state index in [-0.39, 0.29) is 24.5 Å². The maximum Gasteiger partial charge on any atom is 0.273 e. The number of aromatic nitrogens is 4. The maximum atomic E-state index is 13.7. The van der Waals surface area contributed by atoms with Crippen LogP contribution in [0.5, 0.6) is 0 Å². The zero-order valence-electron chi connectivity index (χ0n) is 10.5. The molecular weight excluding hydrogens is 289 g/mol. The van der Waals surface area contributed by atoms with Gasteiger partial charge >= 0.3 is 0 Å². The van der Waals surface area contributed by atoms with Gasteiger partial charge in [0.15, 0.2) is 11.6 Å². The third-order valence-corrected chi connectivity index (χ3v) is 3.31. The number of ether oxygens (including phenoxy) is 1. The van der Waals surface area contributed by atoms with Crippen LogP contribution in [0.4, 0.5) is 4.39 Å². The second-order valence-electron chi connectivity index (χ2n) is 3.85. The second kappa shape index (κ2) is 5.61. The first-order chi connectivity index (χ1) is 9.45. The van der Waals surface area contributed by atoms with E-state index in [1.54, 1.807) is 0 Å². The van der Waals surface area contributed by atoms with Crippen LogP contribution in [0.3, 0.4) is 0 Å². The number of primary sulfonamides is 1. The Balaban J connectivity index is 2.60. The predicted octanol–water partition coefficient (Wildman–Crippen LogP) is -0.227. The molecule has 0 spiro atoms. The van der Waals surface area contributed by atoms with Gasteiger partial charge in [0.25, 0.3) is 15.2 Å². The number of nitrogens with zero attached hydrogens (tertiary/aromatic N) is 4. The van der Waals surface area contributed by atoms with E-state index < -0.39 is 21.0 Å². The predicted molar refractivity (Wildman–Crippen MR) is 66.5 cm³/mol. The van der Waals surface area contributed by atoms with Crippen LogP contribution >= 0.6 is 0 Å². The number of nitrogens with two attached hydrogens (primary N) is 1. The molecule has 0 radical (unpaired) electrons. The van der Waals surface area contributed by atoms with Crippen molar-refractivity contribution in [2.45, 2.75) is 11.7 Å². The molecular formula is C10H12FN5O3S. The summed E-state index contributed by atoms with van der Waals surface area (Å²) in [5.41, 5.74) is 0.0819. The molecule has 2 N–H and O–H groups in total. The molecule has 20 heavy (non-hydrogen) atoms. The summed E-state index contributed by atoms with van der Waals surface area (Å²) in [5.74, 6) is -0.592. The van der Waals surface area contributed by atoms with Gasteiger partial charge in [-0.15, -0.1) is 10.2 Å². The minimum Gasteiger partial charge on any atom is -0.383 e. The highest BCUT2D eigenvalue weighted by Gasteiger charge is 2.23. The summed E-state index contributed by atoms with van der Waals surface area (Å²) in [6, 6.07) is 1.37. The minimum absolute atomic E-state index is 0.0472. The molecule has 0 aliphatic carbocycles. The molecule has 2 aromatic rings. The number of sulfonamides is 1. The van der Waals surface area contributed by atoms with E-state index in [4.69, 9.17) is 9.88 Å². The van der Waals surface area contributed by atoms with Gasteiger partial charge in [0.1, 0.15) is 0 Å². The van der Waals surface area contributed by atoms with Crippen LogP contribution in [0.15, 0.2) is 23.6 Å². The van der Waals surface area contributed by atoms with E-state index in [0.29, 0.717) is 0 Å². The Bertz CT molecular complexity index is 715. The molecule has 8 nitrogen and oxygen atoms in total. The number of hydrogen-bond donors (Lipinski definition) is 1. The summed E-state index contributed by atoms with van der Waals surface area (Å²) in [5, 5.41) is 11.8. The highest BCUT2D eigenvalue weighted by atomic mass is 32.2. The van der Waals surface area contributed by atoms with Gasteiger partial charge in [-0.3, -0.25) is 9.55 Å². The van der Waals surface area contributed by atoms with Crippen molar-refractivity contribution in [1.29, 1.82) is 0 Å².